The minimum atomic E-state index is 0.635. The summed E-state index contributed by atoms with van der Waals surface area (Å²) in [5, 5.41) is 0. The highest BCUT2D eigenvalue weighted by Gasteiger charge is 1.95. The molecule has 0 aliphatic carbocycles. The molecule has 3 heteroatoms. The van der Waals surface area contributed by atoms with Crippen molar-refractivity contribution in [1.29, 1.82) is 0 Å². The van der Waals surface area contributed by atoms with E-state index in [2.05, 4.69) is 32.5 Å². The van der Waals surface area contributed by atoms with Crippen LogP contribution in [0.4, 0.5) is 0 Å². The fraction of sp³-hybridized carbons (Fsp3) is 0.250. The predicted molar refractivity (Wildman–Crippen MR) is 48.3 cm³/mol. The maximum atomic E-state index is 4.16. The second-order valence-electron chi connectivity index (χ2n) is 2.45. The number of allylic oxidation sites excluding steroid dienone is 1. The van der Waals surface area contributed by atoms with Crippen LogP contribution in [0.5, 0.6) is 0 Å². The van der Waals surface area contributed by atoms with Crippen LogP contribution >= 0.6 is 15.9 Å². The fourth-order valence-corrected chi connectivity index (χ4v) is 1.12. The largest absolute Gasteiger partial charge is 0.231 e. The summed E-state index contributed by atoms with van der Waals surface area (Å²) in [6, 6.07) is 1.89. The van der Waals surface area contributed by atoms with Crippen molar-refractivity contribution in [2.45, 2.75) is 13.3 Å². The topological polar surface area (TPSA) is 25.8 Å². The number of halogens is 1. The molecule has 0 saturated carbocycles. The first-order chi connectivity index (χ1) is 5.18. The number of aromatic nitrogens is 2. The van der Waals surface area contributed by atoms with Gasteiger partial charge >= 0.3 is 0 Å². The van der Waals surface area contributed by atoms with Crippen molar-refractivity contribution in [1.82, 2.24) is 9.97 Å². The molecule has 1 heterocycles. The lowest BCUT2D eigenvalue weighted by Gasteiger charge is -1.97. The Morgan fingerprint density at radius 1 is 1.73 bits per heavy atom. The van der Waals surface area contributed by atoms with Crippen molar-refractivity contribution >= 4 is 15.9 Å². The molecule has 0 unspecified atom stereocenters. The SMILES string of the molecule is C=C(C)Cc1ccnc(Br)n1. The van der Waals surface area contributed by atoms with E-state index in [1.807, 2.05) is 13.0 Å². The van der Waals surface area contributed by atoms with Crippen LogP contribution in [0, 0.1) is 0 Å². The van der Waals surface area contributed by atoms with Gasteiger partial charge in [-0.1, -0.05) is 12.2 Å². The second kappa shape index (κ2) is 3.62. The zero-order valence-corrected chi connectivity index (χ0v) is 7.93. The van der Waals surface area contributed by atoms with Crippen molar-refractivity contribution in [3.63, 3.8) is 0 Å². The first-order valence-corrected chi connectivity index (χ1v) is 4.09. The first kappa shape index (κ1) is 8.40. The summed E-state index contributed by atoms with van der Waals surface area (Å²) >= 11 is 3.20. The smallest absolute Gasteiger partial charge is 0.196 e. The molecule has 0 bridgehead atoms. The van der Waals surface area contributed by atoms with E-state index in [0.29, 0.717) is 4.73 Å². The van der Waals surface area contributed by atoms with Gasteiger partial charge in [0.1, 0.15) is 0 Å². The highest BCUT2D eigenvalue weighted by molar-refractivity contribution is 9.10. The summed E-state index contributed by atoms with van der Waals surface area (Å²) in [5.41, 5.74) is 2.11. The summed E-state index contributed by atoms with van der Waals surface area (Å²) in [6.07, 6.45) is 2.55. The van der Waals surface area contributed by atoms with Crippen molar-refractivity contribution in [2.24, 2.45) is 0 Å². The summed E-state index contributed by atoms with van der Waals surface area (Å²) < 4.78 is 0.635. The quantitative estimate of drug-likeness (QED) is 0.556. The molecule has 0 aliphatic rings. The van der Waals surface area contributed by atoms with E-state index in [1.54, 1.807) is 6.20 Å². The average Bonchev–Trinajstić information content (AvgIpc) is 1.85. The van der Waals surface area contributed by atoms with E-state index < -0.39 is 0 Å². The van der Waals surface area contributed by atoms with Gasteiger partial charge in [0.05, 0.1) is 0 Å². The molecule has 0 atom stereocenters. The van der Waals surface area contributed by atoms with Gasteiger partial charge in [0.15, 0.2) is 4.73 Å². The third-order valence-corrected chi connectivity index (χ3v) is 1.55. The van der Waals surface area contributed by atoms with E-state index in [0.717, 1.165) is 17.7 Å². The molecule has 0 amide bonds. The highest BCUT2D eigenvalue weighted by Crippen LogP contribution is 2.05. The molecule has 1 aromatic rings. The lowest BCUT2D eigenvalue weighted by Crippen LogP contribution is -1.92. The zero-order valence-electron chi connectivity index (χ0n) is 6.34. The third kappa shape index (κ3) is 2.80. The predicted octanol–water partition coefficient (Wildman–Crippen LogP) is 2.36. The van der Waals surface area contributed by atoms with Crippen molar-refractivity contribution in [2.75, 3.05) is 0 Å². The van der Waals surface area contributed by atoms with Crippen LogP contribution in [0.1, 0.15) is 12.6 Å². The van der Waals surface area contributed by atoms with E-state index in [-0.39, 0.29) is 0 Å². The van der Waals surface area contributed by atoms with Crippen molar-refractivity contribution in [3.05, 3.63) is 34.8 Å². The molecule has 1 rings (SSSR count). The summed E-state index contributed by atoms with van der Waals surface area (Å²) in [6.45, 7) is 5.79. The van der Waals surface area contributed by atoms with Gasteiger partial charge in [0, 0.05) is 18.3 Å². The van der Waals surface area contributed by atoms with Gasteiger partial charge in [-0.2, -0.15) is 0 Å². The molecular formula is C8H9BrN2. The Kier molecular flexibility index (Phi) is 2.76. The molecule has 0 aliphatic heterocycles. The Morgan fingerprint density at radius 3 is 3.00 bits per heavy atom. The standard InChI is InChI=1S/C8H9BrN2/c1-6(2)5-7-3-4-10-8(9)11-7/h3-4H,1,5H2,2H3. The molecular weight excluding hydrogens is 204 g/mol. The van der Waals surface area contributed by atoms with Gasteiger partial charge in [0.25, 0.3) is 0 Å². The van der Waals surface area contributed by atoms with Crippen molar-refractivity contribution in [3.8, 4) is 0 Å². The summed E-state index contributed by atoms with van der Waals surface area (Å²) in [7, 11) is 0. The van der Waals surface area contributed by atoms with Crippen LogP contribution in [0.2, 0.25) is 0 Å². The van der Waals surface area contributed by atoms with Crippen LogP contribution in [-0.4, -0.2) is 9.97 Å². The van der Waals surface area contributed by atoms with Gasteiger partial charge in [-0.25, -0.2) is 9.97 Å². The number of rotatable bonds is 2. The van der Waals surface area contributed by atoms with Crippen LogP contribution < -0.4 is 0 Å². The van der Waals surface area contributed by atoms with Gasteiger partial charge in [-0.3, -0.25) is 0 Å². The Bertz CT molecular complexity index is 271. The molecule has 0 aromatic carbocycles. The summed E-state index contributed by atoms with van der Waals surface area (Å²) in [5.74, 6) is 0. The fourth-order valence-electron chi connectivity index (χ4n) is 0.777. The molecule has 0 N–H and O–H groups in total. The summed E-state index contributed by atoms with van der Waals surface area (Å²) in [4.78, 5) is 8.08. The zero-order chi connectivity index (χ0) is 8.27. The minimum absolute atomic E-state index is 0.635. The van der Waals surface area contributed by atoms with E-state index in [9.17, 15) is 0 Å². The number of hydrogen-bond acceptors (Lipinski definition) is 2. The Morgan fingerprint density at radius 2 is 2.45 bits per heavy atom. The maximum absolute atomic E-state index is 4.16. The van der Waals surface area contributed by atoms with Crippen LogP contribution in [0.3, 0.4) is 0 Å². The lowest BCUT2D eigenvalue weighted by molar-refractivity contribution is 0.986. The van der Waals surface area contributed by atoms with Crippen molar-refractivity contribution < 1.29 is 0 Å². The van der Waals surface area contributed by atoms with Gasteiger partial charge in [0.2, 0.25) is 0 Å². The Labute approximate surface area is 74.5 Å². The first-order valence-electron chi connectivity index (χ1n) is 3.30. The third-order valence-electron chi connectivity index (χ3n) is 1.17. The van der Waals surface area contributed by atoms with Crippen LogP contribution in [0.15, 0.2) is 29.1 Å². The highest BCUT2D eigenvalue weighted by atomic mass is 79.9. The van der Waals surface area contributed by atoms with Gasteiger partial charge < -0.3 is 0 Å². The number of hydrogen-bond donors (Lipinski definition) is 0. The Hall–Kier alpha value is -0.700. The van der Waals surface area contributed by atoms with E-state index in [1.165, 1.54) is 0 Å². The van der Waals surface area contributed by atoms with Gasteiger partial charge in [-0.05, 0) is 28.9 Å². The Balaban J connectivity index is 2.79. The molecule has 0 spiro atoms. The monoisotopic (exact) mass is 212 g/mol. The van der Waals surface area contributed by atoms with E-state index in [4.69, 9.17) is 0 Å². The molecule has 1 aromatic heterocycles. The molecule has 2 nitrogen and oxygen atoms in total. The number of nitrogens with zero attached hydrogens (tertiary/aromatic N) is 2. The average molecular weight is 213 g/mol. The maximum Gasteiger partial charge on any atom is 0.196 e. The second-order valence-corrected chi connectivity index (χ2v) is 3.16. The minimum Gasteiger partial charge on any atom is -0.231 e. The van der Waals surface area contributed by atoms with Gasteiger partial charge in [-0.15, -0.1) is 0 Å². The molecule has 11 heavy (non-hydrogen) atoms. The normalized spacial score (nSPS) is 9.64. The molecule has 0 saturated heterocycles. The molecule has 58 valence electrons. The molecule has 0 radical (unpaired) electrons. The van der Waals surface area contributed by atoms with Crippen LogP contribution in [-0.2, 0) is 6.42 Å². The lowest BCUT2D eigenvalue weighted by atomic mass is 10.2. The van der Waals surface area contributed by atoms with Crippen LogP contribution in [0.25, 0.3) is 0 Å². The van der Waals surface area contributed by atoms with E-state index >= 15 is 0 Å². The molecule has 0 fully saturated rings.